The molecule has 2 nitrogen and oxygen atoms in total. The van der Waals surface area contributed by atoms with E-state index in [0.717, 1.165) is 54.2 Å². The van der Waals surface area contributed by atoms with Gasteiger partial charge in [-0.05, 0) is 54.9 Å². The van der Waals surface area contributed by atoms with Crippen molar-refractivity contribution in [2.24, 2.45) is 11.8 Å². The molecule has 0 saturated heterocycles. The second kappa shape index (κ2) is 12.7. The van der Waals surface area contributed by atoms with Crippen molar-refractivity contribution in [1.82, 2.24) is 0 Å². The van der Waals surface area contributed by atoms with E-state index in [-0.39, 0.29) is 5.92 Å². The first-order valence-corrected chi connectivity index (χ1v) is 12.6. The third-order valence-corrected chi connectivity index (χ3v) is 6.75. The molecule has 0 aliphatic heterocycles. The molecule has 2 heteroatoms. The molecule has 0 N–H and O–H groups in total. The lowest BCUT2D eigenvalue weighted by molar-refractivity contribution is 0.0919. The average Bonchev–Trinajstić information content (AvgIpc) is 3.29. The molecule has 2 aromatic carbocycles. The zero-order valence-electron chi connectivity index (χ0n) is 19.6. The quantitative estimate of drug-likeness (QED) is 0.240. The molecule has 168 valence electrons. The molecule has 1 aliphatic carbocycles. The second-order valence-corrected chi connectivity index (χ2v) is 9.25. The molecule has 0 heterocycles. The maximum atomic E-state index is 12.9. The van der Waals surface area contributed by atoms with Gasteiger partial charge in [0, 0.05) is 11.5 Å². The third kappa shape index (κ3) is 7.23. The zero-order valence-corrected chi connectivity index (χ0v) is 19.6. The van der Waals surface area contributed by atoms with Crippen molar-refractivity contribution >= 4 is 5.78 Å². The number of hydrogen-bond donors (Lipinski definition) is 0. The number of carbonyl (C=O) groups is 1. The van der Waals surface area contributed by atoms with Gasteiger partial charge in [-0.25, -0.2) is 0 Å². The molecule has 3 rings (SSSR count). The summed E-state index contributed by atoms with van der Waals surface area (Å²) in [7, 11) is 0. The number of rotatable bonds is 13. The number of hydrogen-bond acceptors (Lipinski definition) is 2. The zero-order chi connectivity index (χ0) is 21.9. The van der Waals surface area contributed by atoms with Crippen LogP contribution in [0.3, 0.4) is 0 Å². The fourth-order valence-electron chi connectivity index (χ4n) is 4.77. The Balaban J connectivity index is 1.49. The van der Waals surface area contributed by atoms with Crippen LogP contribution in [0.1, 0.15) is 94.8 Å². The van der Waals surface area contributed by atoms with E-state index in [9.17, 15) is 4.79 Å². The van der Waals surface area contributed by atoms with Crippen molar-refractivity contribution in [2.45, 2.75) is 84.5 Å². The first-order chi connectivity index (χ1) is 15.2. The maximum absolute atomic E-state index is 12.9. The predicted molar refractivity (Wildman–Crippen MR) is 131 cm³/mol. The summed E-state index contributed by atoms with van der Waals surface area (Å²) >= 11 is 0. The number of benzene rings is 2. The Labute approximate surface area is 189 Å². The standard InChI is InChI=1S/C29H40O2/c1-3-5-7-8-9-21-31-28-19-17-25(18-20-28)24-13-15-26(16-14-24)29(30)27-12-11-23(22-27)10-6-4-2/h13-20,23,27H,3-12,21-22H2,1-2H3. The maximum Gasteiger partial charge on any atom is 0.165 e. The van der Waals surface area contributed by atoms with Crippen LogP contribution in [0.15, 0.2) is 48.5 Å². The Morgan fingerprint density at radius 2 is 1.45 bits per heavy atom. The van der Waals surface area contributed by atoms with Gasteiger partial charge in [0.05, 0.1) is 6.61 Å². The molecule has 0 bridgehead atoms. The summed E-state index contributed by atoms with van der Waals surface area (Å²) in [6.45, 7) is 5.28. The van der Waals surface area contributed by atoms with Crippen LogP contribution in [-0.2, 0) is 0 Å². The Kier molecular flexibility index (Phi) is 9.65. The van der Waals surface area contributed by atoms with Crippen molar-refractivity contribution in [3.05, 3.63) is 54.1 Å². The van der Waals surface area contributed by atoms with E-state index in [1.807, 2.05) is 12.1 Å². The van der Waals surface area contributed by atoms with Crippen LogP contribution >= 0.6 is 0 Å². The largest absolute Gasteiger partial charge is 0.494 e. The third-order valence-electron chi connectivity index (χ3n) is 6.75. The van der Waals surface area contributed by atoms with Crippen LogP contribution in [0, 0.1) is 11.8 Å². The molecular formula is C29H40O2. The molecular weight excluding hydrogens is 380 g/mol. The second-order valence-electron chi connectivity index (χ2n) is 9.25. The fraction of sp³-hybridized carbons (Fsp3) is 0.552. The number of Topliss-reactive ketones (excluding diaryl/α,β-unsaturated/α-hetero) is 1. The summed E-state index contributed by atoms with van der Waals surface area (Å²) in [5, 5.41) is 0. The van der Waals surface area contributed by atoms with Gasteiger partial charge in [0.2, 0.25) is 0 Å². The van der Waals surface area contributed by atoms with Crippen molar-refractivity contribution < 1.29 is 9.53 Å². The van der Waals surface area contributed by atoms with Crippen LogP contribution in [0.5, 0.6) is 5.75 Å². The lowest BCUT2D eigenvalue weighted by Crippen LogP contribution is -2.11. The molecule has 0 aromatic heterocycles. The Bertz CT molecular complexity index is 775. The van der Waals surface area contributed by atoms with Gasteiger partial charge in [0.25, 0.3) is 0 Å². The van der Waals surface area contributed by atoms with Crippen molar-refractivity contribution in [1.29, 1.82) is 0 Å². The lowest BCUT2D eigenvalue weighted by Gasteiger charge is -2.11. The minimum absolute atomic E-state index is 0.228. The smallest absolute Gasteiger partial charge is 0.165 e. The van der Waals surface area contributed by atoms with Crippen LogP contribution < -0.4 is 4.74 Å². The van der Waals surface area contributed by atoms with Crippen molar-refractivity contribution in [3.63, 3.8) is 0 Å². The summed E-state index contributed by atoms with van der Waals surface area (Å²) in [5.41, 5.74) is 3.18. The first kappa shape index (κ1) is 23.6. The number of carbonyl (C=O) groups excluding carboxylic acids is 1. The number of ketones is 1. The Hall–Kier alpha value is -2.09. The van der Waals surface area contributed by atoms with Gasteiger partial charge < -0.3 is 4.74 Å². The highest BCUT2D eigenvalue weighted by Gasteiger charge is 2.29. The molecule has 0 radical (unpaired) electrons. The van der Waals surface area contributed by atoms with Crippen LogP contribution in [-0.4, -0.2) is 12.4 Å². The molecule has 2 atom stereocenters. The topological polar surface area (TPSA) is 26.3 Å². The molecule has 31 heavy (non-hydrogen) atoms. The van der Waals surface area contributed by atoms with Gasteiger partial charge in [-0.15, -0.1) is 0 Å². The average molecular weight is 421 g/mol. The van der Waals surface area contributed by atoms with E-state index < -0.39 is 0 Å². The van der Waals surface area contributed by atoms with Crippen LogP contribution in [0.2, 0.25) is 0 Å². The van der Waals surface area contributed by atoms with Gasteiger partial charge >= 0.3 is 0 Å². The normalized spacial score (nSPS) is 18.3. The minimum Gasteiger partial charge on any atom is -0.494 e. The summed E-state index contributed by atoms with van der Waals surface area (Å²) < 4.78 is 5.87. The van der Waals surface area contributed by atoms with Gasteiger partial charge in [-0.3, -0.25) is 4.79 Å². The molecule has 1 fully saturated rings. The highest BCUT2D eigenvalue weighted by atomic mass is 16.5. The van der Waals surface area contributed by atoms with E-state index in [2.05, 4.69) is 50.2 Å². The summed E-state index contributed by atoms with van der Waals surface area (Å²) in [5.74, 6) is 2.26. The molecule has 0 amide bonds. The van der Waals surface area contributed by atoms with Crippen LogP contribution in [0.25, 0.3) is 11.1 Å². The highest BCUT2D eigenvalue weighted by Crippen LogP contribution is 2.36. The van der Waals surface area contributed by atoms with Gasteiger partial charge in [0.15, 0.2) is 5.78 Å². The molecule has 0 spiro atoms. The lowest BCUT2D eigenvalue weighted by atomic mass is 9.92. The SMILES string of the molecule is CCCCCCCOc1ccc(-c2ccc(C(=O)C3CCC(CCCC)C3)cc2)cc1. The molecule has 1 saturated carbocycles. The van der Waals surface area contributed by atoms with E-state index in [0.29, 0.717) is 5.78 Å². The van der Waals surface area contributed by atoms with Gasteiger partial charge in [-0.1, -0.05) is 95.2 Å². The number of ether oxygens (including phenoxy) is 1. The highest BCUT2D eigenvalue weighted by molar-refractivity contribution is 5.98. The van der Waals surface area contributed by atoms with Crippen molar-refractivity contribution in [3.8, 4) is 16.9 Å². The van der Waals surface area contributed by atoms with Crippen molar-refractivity contribution in [2.75, 3.05) is 6.61 Å². The summed E-state index contributed by atoms with van der Waals surface area (Å²) in [6.07, 6.45) is 13.5. The van der Waals surface area contributed by atoms with E-state index in [1.165, 1.54) is 51.4 Å². The van der Waals surface area contributed by atoms with Gasteiger partial charge in [-0.2, -0.15) is 0 Å². The first-order valence-electron chi connectivity index (χ1n) is 12.6. The Morgan fingerprint density at radius 3 is 2.13 bits per heavy atom. The summed E-state index contributed by atoms with van der Waals surface area (Å²) in [4.78, 5) is 12.9. The fourth-order valence-corrected chi connectivity index (χ4v) is 4.77. The molecule has 2 unspecified atom stereocenters. The molecule has 1 aliphatic rings. The summed E-state index contributed by atoms with van der Waals surface area (Å²) in [6, 6.07) is 16.5. The monoisotopic (exact) mass is 420 g/mol. The molecule has 2 aromatic rings. The number of unbranched alkanes of at least 4 members (excludes halogenated alkanes) is 5. The Morgan fingerprint density at radius 1 is 0.806 bits per heavy atom. The van der Waals surface area contributed by atoms with Gasteiger partial charge in [0.1, 0.15) is 5.75 Å². The van der Waals surface area contributed by atoms with Crippen LogP contribution in [0.4, 0.5) is 0 Å². The van der Waals surface area contributed by atoms with E-state index in [4.69, 9.17) is 4.74 Å². The van der Waals surface area contributed by atoms with E-state index >= 15 is 0 Å². The predicted octanol–water partition coefficient (Wildman–Crippen LogP) is 8.49. The van der Waals surface area contributed by atoms with E-state index in [1.54, 1.807) is 0 Å². The minimum atomic E-state index is 0.228.